The molecular formula is C68H153N5O7P2. The molecule has 0 bridgehead atoms. The van der Waals surface area contributed by atoms with Gasteiger partial charge in [0.05, 0.1) is 105 Å². The minimum absolute atomic E-state index is 0.150. The molecule has 12 nitrogen and oxygen atoms in total. The lowest BCUT2D eigenvalue weighted by atomic mass is 10.1. The van der Waals surface area contributed by atoms with Crippen molar-refractivity contribution in [1.82, 2.24) is 0 Å². The lowest BCUT2D eigenvalue weighted by molar-refractivity contribution is -0.929. The molecule has 0 aliphatic rings. The monoisotopic (exact) mass is 1210 g/mol. The van der Waals surface area contributed by atoms with Gasteiger partial charge in [-0.15, -0.1) is 0 Å². The zero-order chi connectivity index (χ0) is 63.6. The van der Waals surface area contributed by atoms with Crippen molar-refractivity contribution in [2.45, 2.75) is 334 Å². The predicted molar refractivity (Wildman–Crippen MR) is 356 cm³/mol. The molecule has 14 heteroatoms. The molecule has 0 aromatic carbocycles. The van der Waals surface area contributed by atoms with E-state index in [9.17, 15) is 28.7 Å². The van der Waals surface area contributed by atoms with Gasteiger partial charge >= 0.3 is 0 Å². The van der Waals surface area contributed by atoms with Crippen molar-refractivity contribution in [3.05, 3.63) is 0 Å². The molecular weight excluding hydrogens is 1060 g/mol. The van der Waals surface area contributed by atoms with Crippen molar-refractivity contribution < 1.29 is 51.7 Å². The average Bonchev–Trinajstić information content (AvgIpc) is 3.47. The molecule has 3 N–H and O–H groups in total. The van der Waals surface area contributed by atoms with E-state index < -0.39 is 26.7 Å². The minimum atomic E-state index is -5.93. The molecule has 0 aromatic rings. The Kier molecular flexibility index (Phi) is 66.4. The van der Waals surface area contributed by atoms with Crippen LogP contribution in [0.2, 0.25) is 0 Å². The van der Waals surface area contributed by atoms with Crippen molar-refractivity contribution in [3.8, 4) is 0 Å². The lowest BCUT2D eigenvalue weighted by Crippen LogP contribution is -2.50. The third kappa shape index (κ3) is 47.1. The van der Waals surface area contributed by atoms with E-state index in [-0.39, 0.29) is 13.0 Å². The maximum absolute atomic E-state index is 10.4. The van der Waals surface area contributed by atoms with Crippen LogP contribution in [0.15, 0.2) is 0 Å². The van der Waals surface area contributed by atoms with Crippen LogP contribution in [0.4, 0.5) is 0 Å². The fourth-order valence-corrected chi connectivity index (χ4v) is 13.4. The van der Waals surface area contributed by atoms with Gasteiger partial charge in [0.1, 0.15) is 5.08 Å². The molecule has 0 fully saturated rings. The van der Waals surface area contributed by atoms with Crippen LogP contribution in [0.5, 0.6) is 0 Å². The van der Waals surface area contributed by atoms with Crippen molar-refractivity contribution in [1.29, 1.82) is 0 Å². The minimum Gasteiger partial charge on any atom is -0.808 e. The third-order valence-corrected chi connectivity index (χ3v) is 21.0. The second kappa shape index (κ2) is 60.0. The van der Waals surface area contributed by atoms with E-state index in [2.05, 4.69) is 111 Å². The Morgan fingerprint density at radius 1 is 0.268 bits per heavy atom. The second-order valence-electron chi connectivity index (χ2n) is 25.3. The zero-order valence-electron chi connectivity index (χ0n) is 58.7. The molecule has 0 aliphatic heterocycles. The second-order valence-corrected chi connectivity index (χ2v) is 29.1. The number of unbranched alkanes of at least 4 members (excludes halogenated alkanes) is 16. The summed E-state index contributed by atoms with van der Waals surface area (Å²) in [4.78, 5) is 41.7. The Morgan fingerprint density at radius 2 is 0.378 bits per heavy atom. The number of hydrogen-bond acceptors (Lipinski definition) is 8. The van der Waals surface area contributed by atoms with Crippen LogP contribution in [-0.2, 0) is 9.13 Å². The fourth-order valence-electron chi connectivity index (χ4n) is 11.3. The summed E-state index contributed by atoms with van der Waals surface area (Å²) in [6.45, 7) is 59.9. The first-order chi connectivity index (χ1) is 39.0. The molecule has 0 heterocycles. The maximum Gasteiger partial charge on any atom is 0.117 e. The highest BCUT2D eigenvalue weighted by Gasteiger charge is 2.35. The first kappa shape index (κ1) is 90.8. The number of quaternary nitrogens is 4. The molecule has 0 amide bonds. The normalized spacial score (nSPS) is 12.4. The smallest absolute Gasteiger partial charge is 0.117 e. The number of aliphatic hydroxyl groups is 1. The summed E-state index contributed by atoms with van der Waals surface area (Å²) in [5.74, 6) is 0. The van der Waals surface area contributed by atoms with Crippen molar-refractivity contribution in [2.75, 3.05) is 111 Å². The summed E-state index contributed by atoms with van der Waals surface area (Å²) in [6, 6.07) is 0. The van der Waals surface area contributed by atoms with Gasteiger partial charge in [0, 0.05) is 0 Å². The number of rotatable bonds is 53. The van der Waals surface area contributed by atoms with Gasteiger partial charge in [-0.25, -0.2) is 0 Å². The first-order valence-corrected chi connectivity index (χ1v) is 39.0. The molecule has 0 unspecified atom stereocenters. The van der Waals surface area contributed by atoms with E-state index in [1.807, 2.05) is 0 Å². The summed E-state index contributed by atoms with van der Waals surface area (Å²) in [6.07, 6.45) is 43.0. The van der Waals surface area contributed by atoms with Gasteiger partial charge in [-0.05, 0) is 137 Å². The average molecular weight is 1210 g/mol. The van der Waals surface area contributed by atoms with Crippen LogP contribution in [0.1, 0.15) is 329 Å². The summed E-state index contributed by atoms with van der Waals surface area (Å²) in [7, 11) is -11.9. The quantitative estimate of drug-likeness (QED) is 0.0447. The Balaban J connectivity index is -0.000000302. The molecule has 0 rings (SSSR count). The molecule has 0 atom stereocenters. The van der Waals surface area contributed by atoms with Gasteiger partial charge in [0.2, 0.25) is 0 Å². The van der Waals surface area contributed by atoms with E-state index in [1.54, 1.807) is 0 Å². The SMILES string of the molecule is CCCC[N+](CCCC)(CCCC)CCCC.CCCC[N+](CCCC)(CCCC)CCCC.CCCC[N+](CCCC)(CCCC)CCCC.CCCC[N+](CCCC)(CCCC)CCCC.NCCCC(O)(P(=O)([O-])[O-])P(=O)([O-])[O-]. The van der Waals surface area contributed by atoms with Gasteiger partial charge in [0.15, 0.2) is 0 Å². The summed E-state index contributed by atoms with van der Waals surface area (Å²) < 4.78 is 26.5. The zero-order valence-corrected chi connectivity index (χ0v) is 60.5. The van der Waals surface area contributed by atoms with Crippen LogP contribution in [-0.4, -0.2) is 139 Å². The number of nitrogens with two attached hydrogens (primary N) is 1. The van der Waals surface area contributed by atoms with Gasteiger partial charge in [0.25, 0.3) is 0 Å². The van der Waals surface area contributed by atoms with E-state index in [0.29, 0.717) is 0 Å². The standard InChI is InChI=1S/4C16H36N.C4H13NO7P2/c4*1-5-9-13-17(14-10-6-2,15-11-7-3)16-12-8-4;5-3-1-2-4(6,13(7,8)9)14(10,11)12/h4*5-16H2,1-4H3;6H,1-3,5H2,(H2,7,8,9)(H2,10,11,12)/q4*+1;/p-4. The van der Waals surface area contributed by atoms with Gasteiger partial charge in [-0.2, -0.15) is 0 Å². The van der Waals surface area contributed by atoms with Crippen molar-refractivity contribution in [2.24, 2.45) is 5.73 Å². The van der Waals surface area contributed by atoms with E-state index in [4.69, 9.17) is 10.8 Å². The molecule has 0 aromatic heterocycles. The van der Waals surface area contributed by atoms with Crippen molar-refractivity contribution in [3.63, 3.8) is 0 Å². The highest BCUT2D eigenvalue weighted by Crippen LogP contribution is 2.61. The summed E-state index contributed by atoms with van der Waals surface area (Å²) >= 11 is 0. The molecule has 0 spiro atoms. The predicted octanol–water partition coefficient (Wildman–Crippen LogP) is 16.2. The Bertz CT molecular complexity index is 1070. The van der Waals surface area contributed by atoms with Crippen molar-refractivity contribution >= 4 is 15.2 Å². The van der Waals surface area contributed by atoms with Crippen LogP contribution >= 0.6 is 15.2 Å². The molecule has 82 heavy (non-hydrogen) atoms. The van der Waals surface area contributed by atoms with Gasteiger partial charge < -0.3 is 57.5 Å². The van der Waals surface area contributed by atoms with Crippen LogP contribution in [0.3, 0.4) is 0 Å². The Morgan fingerprint density at radius 3 is 0.451 bits per heavy atom. The highest BCUT2D eigenvalue weighted by atomic mass is 31.2. The largest absolute Gasteiger partial charge is 0.808 e. The molecule has 0 radical (unpaired) electrons. The molecule has 0 saturated carbocycles. The topological polar surface area (TPSA) is 173 Å². The summed E-state index contributed by atoms with van der Waals surface area (Å²) in [5, 5.41) is 5.22. The third-order valence-electron chi connectivity index (χ3n) is 17.4. The highest BCUT2D eigenvalue weighted by molar-refractivity contribution is 7.69. The number of nitrogens with zero attached hydrogens (tertiary/aromatic N) is 4. The fraction of sp³-hybridized carbons (Fsp3) is 1.00. The van der Waals surface area contributed by atoms with E-state index in [0.717, 1.165) is 0 Å². The Labute approximate surface area is 515 Å². The molecule has 0 aliphatic carbocycles. The maximum atomic E-state index is 10.4. The van der Waals surface area contributed by atoms with Crippen LogP contribution in [0.25, 0.3) is 0 Å². The van der Waals surface area contributed by atoms with E-state index >= 15 is 0 Å². The first-order valence-electron chi connectivity index (χ1n) is 35.9. The lowest BCUT2D eigenvalue weighted by Gasteiger charge is -2.56. The van der Waals surface area contributed by atoms with Gasteiger partial charge in [-0.1, -0.05) is 214 Å². The van der Waals surface area contributed by atoms with Crippen LogP contribution < -0.4 is 25.3 Å². The summed E-state index contributed by atoms with van der Waals surface area (Å²) in [5.41, 5.74) is 4.92. The van der Waals surface area contributed by atoms with Crippen LogP contribution in [0, 0.1) is 0 Å². The number of hydrogen-bond donors (Lipinski definition) is 2. The Hall–Kier alpha value is 0.0600. The molecule has 502 valence electrons. The molecule has 0 saturated heterocycles. The van der Waals surface area contributed by atoms with E-state index in [1.165, 1.54) is 328 Å². The van der Waals surface area contributed by atoms with Gasteiger partial charge in [-0.3, -0.25) is 0 Å².